The van der Waals surface area contributed by atoms with Crippen molar-refractivity contribution < 1.29 is 4.39 Å². The SMILES string of the molecule is NC(N)=NN=C(c1ccc(F)cc1)C1CC1. The predicted molar refractivity (Wildman–Crippen MR) is 61.5 cm³/mol. The molecule has 1 aromatic carbocycles. The molecule has 0 unspecified atom stereocenters. The molecule has 0 heterocycles. The second-order valence-electron chi connectivity index (χ2n) is 3.79. The molecule has 1 aliphatic rings. The lowest BCUT2D eigenvalue weighted by Crippen LogP contribution is -2.22. The zero-order valence-corrected chi connectivity index (χ0v) is 8.73. The van der Waals surface area contributed by atoms with Crippen molar-refractivity contribution in [2.24, 2.45) is 27.6 Å². The van der Waals surface area contributed by atoms with Gasteiger partial charge in [-0.15, -0.1) is 5.10 Å². The average molecular weight is 220 g/mol. The molecular formula is C11H13FN4. The van der Waals surface area contributed by atoms with E-state index in [0.717, 1.165) is 24.1 Å². The van der Waals surface area contributed by atoms with Gasteiger partial charge in [-0.1, -0.05) is 12.1 Å². The van der Waals surface area contributed by atoms with Gasteiger partial charge in [-0.3, -0.25) is 0 Å². The molecule has 1 aromatic rings. The Morgan fingerprint density at radius 2 is 1.75 bits per heavy atom. The Labute approximate surface area is 92.9 Å². The Kier molecular flexibility index (Phi) is 2.85. The molecule has 4 nitrogen and oxygen atoms in total. The largest absolute Gasteiger partial charge is 0.369 e. The van der Waals surface area contributed by atoms with Crippen molar-refractivity contribution in [3.63, 3.8) is 0 Å². The Morgan fingerprint density at radius 3 is 2.25 bits per heavy atom. The van der Waals surface area contributed by atoms with Crippen LogP contribution >= 0.6 is 0 Å². The van der Waals surface area contributed by atoms with E-state index in [1.165, 1.54) is 12.1 Å². The molecular weight excluding hydrogens is 207 g/mol. The van der Waals surface area contributed by atoms with Gasteiger partial charge in [0.2, 0.25) is 5.96 Å². The molecule has 1 aliphatic carbocycles. The molecule has 84 valence electrons. The van der Waals surface area contributed by atoms with Crippen molar-refractivity contribution in [3.8, 4) is 0 Å². The standard InChI is InChI=1S/C11H13FN4/c12-9-5-3-8(4-6-9)10(7-1-2-7)15-16-11(13)14/h3-7H,1-2H2,(H4,13,14,16). The first-order valence-electron chi connectivity index (χ1n) is 5.09. The fourth-order valence-electron chi connectivity index (χ4n) is 1.46. The van der Waals surface area contributed by atoms with Gasteiger partial charge in [0.15, 0.2) is 0 Å². The number of hydrogen-bond acceptors (Lipinski definition) is 2. The Balaban J connectivity index is 2.29. The maximum Gasteiger partial charge on any atom is 0.211 e. The normalized spacial score (nSPS) is 15.9. The lowest BCUT2D eigenvalue weighted by Gasteiger charge is -2.02. The number of benzene rings is 1. The third kappa shape index (κ3) is 2.56. The van der Waals surface area contributed by atoms with Crippen molar-refractivity contribution in [1.82, 2.24) is 0 Å². The fourth-order valence-corrected chi connectivity index (χ4v) is 1.46. The molecule has 0 spiro atoms. The fraction of sp³-hybridized carbons (Fsp3) is 0.273. The summed E-state index contributed by atoms with van der Waals surface area (Å²) in [7, 11) is 0. The van der Waals surface area contributed by atoms with Gasteiger partial charge >= 0.3 is 0 Å². The minimum Gasteiger partial charge on any atom is -0.369 e. The van der Waals surface area contributed by atoms with Gasteiger partial charge in [0.05, 0.1) is 5.71 Å². The number of rotatable bonds is 3. The van der Waals surface area contributed by atoms with Crippen LogP contribution in [0.15, 0.2) is 34.5 Å². The summed E-state index contributed by atoms with van der Waals surface area (Å²) in [5, 5.41) is 7.67. The summed E-state index contributed by atoms with van der Waals surface area (Å²) in [6.45, 7) is 0. The molecule has 0 aromatic heterocycles. The molecule has 0 bridgehead atoms. The van der Waals surface area contributed by atoms with Crippen LogP contribution in [0.25, 0.3) is 0 Å². The van der Waals surface area contributed by atoms with E-state index in [9.17, 15) is 4.39 Å². The van der Waals surface area contributed by atoms with Crippen molar-refractivity contribution >= 4 is 11.7 Å². The van der Waals surface area contributed by atoms with E-state index in [1.807, 2.05) is 0 Å². The zero-order valence-electron chi connectivity index (χ0n) is 8.73. The van der Waals surface area contributed by atoms with Crippen LogP contribution in [-0.2, 0) is 0 Å². The van der Waals surface area contributed by atoms with Crippen molar-refractivity contribution in [2.75, 3.05) is 0 Å². The van der Waals surface area contributed by atoms with E-state index < -0.39 is 0 Å². The number of nitrogens with zero attached hydrogens (tertiary/aromatic N) is 2. The summed E-state index contributed by atoms with van der Waals surface area (Å²) in [5.41, 5.74) is 12.1. The van der Waals surface area contributed by atoms with E-state index in [1.54, 1.807) is 12.1 Å². The summed E-state index contributed by atoms with van der Waals surface area (Å²) >= 11 is 0. The third-order valence-corrected chi connectivity index (χ3v) is 2.38. The Morgan fingerprint density at radius 1 is 1.12 bits per heavy atom. The van der Waals surface area contributed by atoms with Gasteiger partial charge in [0, 0.05) is 5.92 Å². The predicted octanol–water partition coefficient (Wildman–Crippen LogP) is 1.21. The monoisotopic (exact) mass is 220 g/mol. The minimum absolute atomic E-state index is 0.0692. The Hall–Kier alpha value is -1.91. The quantitative estimate of drug-likeness (QED) is 0.456. The van der Waals surface area contributed by atoms with Crippen LogP contribution in [-0.4, -0.2) is 11.7 Å². The summed E-state index contributed by atoms with van der Waals surface area (Å²) < 4.78 is 12.8. The smallest absolute Gasteiger partial charge is 0.211 e. The number of nitrogens with two attached hydrogens (primary N) is 2. The maximum absolute atomic E-state index is 12.8. The molecule has 0 saturated heterocycles. The van der Waals surface area contributed by atoms with Crippen LogP contribution in [0.3, 0.4) is 0 Å². The van der Waals surface area contributed by atoms with E-state index in [4.69, 9.17) is 11.5 Å². The van der Waals surface area contributed by atoms with Crippen LogP contribution in [0.4, 0.5) is 4.39 Å². The molecule has 0 amide bonds. The van der Waals surface area contributed by atoms with Crippen molar-refractivity contribution in [2.45, 2.75) is 12.8 Å². The first kappa shape index (κ1) is 10.6. The highest BCUT2D eigenvalue weighted by Crippen LogP contribution is 2.33. The van der Waals surface area contributed by atoms with Crippen molar-refractivity contribution in [1.29, 1.82) is 0 Å². The number of hydrogen-bond donors (Lipinski definition) is 2. The average Bonchev–Trinajstić information content (AvgIpc) is 3.04. The van der Waals surface area contributed by atoms with Crippen LogP contribution < -0.4 is 11.5 Å². The second-order valence-corrected chi connectivity index (χ2v) is 3.79. The van der Waals surface area contributed by atoms with Crippen LogP contribution in [0.2, 0.25) is 0 Å². The molecule has 1 fully saturated rings. The maximum atomic E-state index is 12.8. The van der Waals surface area contributed by atoms with Gasteiger partial charge < -0.3 is 11.5 Å². The summed E-state index contributed by atoms with van der Waals surface area (Å²) in [5.74, 6) is 0.0644. The van der Waals surface area contributed by atoms with Crippen LogP contribution in [0, 0.1) is 11.7 Å². The third-order valence-electron chi connectivity index (χ3n) is 2.38. The van der Waals surface area contributed by atoms with Crippen LogP contribution in [0.1, 0.15) is 18.4 Å². The number of guanidine groups is 1. The topological polar surface area (TPSA) is 76.8 Å². The highest BCUT2D eigenvalue weighted by Gasteiger charge is 2.28. The van der Waals surface area contributed by atoms with Gasteiger partial charge in [-0.25, -0.2) is 4.39 Å². The second kappa shape index (κ2) is 4.30. The molecule has 0 atom stereocenters. The van der Waals surface area contributed by atoms with E-state index >= 15 is 0 Å². The van der Waals surface area contributed by atoms with E-state index in [2.05, 4.69) is 10.2 Å². The molecule has 1 saturated carbocycles. The van der Waals surface area contributed by atoms with Gasteiger partial charge in [0.1, 0.15) is 5.82 Å². The minimum atomic E-state index is -0.263. The molecule has 5 heteroatoms. The summed E-state index contributed by atoms with van der Waals surface area (Å²) in [4.78, 5) is 0. The summed E-state index contributed by atoms with van der Waals surface area (Å²) in [6, 6.07) is 6.19. The van der Waals surface area contributed by atoms with Gasteiger partial charge in [-0.2, -0.15) is 5.10 Å². The molecule has 2 rings (SSSR count). The highest BCUT2D eigenvalue weighted by atomic mass is 19.1. The lowest BCUT2D eigenvalue weighted by molar-refractivity contribution is 0.627. The summed E-state index contributed by atoms with van der Waals surface area (Å²) in [6.07, 6.45) is 2.16. The zero-order chi connectivity index (χ0) is 11.5. The molecule has 16 heavy (non-hydrogen) atoms. The highest BCUT2D eigenvalue weighted by molar-refractivity contribution is 6.03. The van der Waals surface area contributed by atoms with E-state index in [0.29, 0.717) is 5.92 Å². The number of halogens is 1. The molecule has 4 N–H and O–H groups in total. The lowest BCUT2D eigenvalue weighted by atomic mass is 10.1. The van der Waals surface area contributed by atoms with Gasteiger partial charge in [0.25, 0.3) is 0 Å². The Bertz CT molecular complexity index is 428. The molecule has 0 aliphatic heterocycles. The van der Waals surface area contributed by atoms with E-state index in [-0.39, 0.29) is 11.8 Å². The molecule has 0 radical (unpaired) electrons. The first-order valence-corrected chi connectivity index (χ1v) is 5.09. The van der Waals surface area contributed by atoms with Gasteiger partial charge in [-0.05, 0) is 30.5 Å². The first-order chi connectivity index (χ1) is 7.66. The van der Waals surface area contributed by atoms with Crippen molar-refractivity contribution in [3.05, 3.63) is 35.6 Å². The van der Waals surface area contributed by atoms with Crippen LogP contribution in [0.5, 0.6) is 0 Å².